The zero-order chi connectivity index (χ0) is 33.5. The van der Waals surface area contributed by atoms with Crippen molar-refractivity contribution in [3.8, 4) is 27.9 Å². The molecule has 0 aliphatic carbocycles. The highest BCUT2D eigenvalue weighted by Gasteiger charge is 2.27. The summed E-state index contributed by atoms with van der Waals surface area (Å²) < 4.78 is 8.77. The number of furan rings is 1. The van der Waals surface area contributed by atoms with E-state index in [2.05, 4.69) is 180 Å². The van der Waals surface area contributed by atoms with E-state index < -0.39 is 0 Å². The van der Waals surface area contributed by atoms with Crippen LogP contribution in [0, 0.1) is 0 Å². The minimum atomic E-state index is 0.110. The van der Waals surface area contributed by atoms with Crippen molar-refractivity contribution >= 4 is 72.0 Å². The van der Waals surface area contributed by atoms with Crippen molar-refractivity contribution in [3.05, 3.63) is 175 Å². The summed E-state index contributed by atoms with van der Waals surface area (Å²) in [5.74, 6) is 0. The molecule has 3 heterocycles. The summed E-state index contributed by atoms with van der Waals surface area (Å²) in [5.41, 5.74) is 12.7. The Balaban J connectivity index is 0.966. The molecule has 1 unspecified atom stereocenters. The van der Waals surface area contributed by atoms with Crippen LogP contribution in [0.5, 0.6) is 0 Å². The van der Waals surface area contributed by atoms with E-state index in [-0.39, 0.29) is 5.37 Å². The van der Waals surface area contributed by atoms with Crippen LogP contribution in [-0.2, 0) is 0 Å². The Morgan fingerprint density at radius 2 is 1.20 bits per heavy atom. The van der Waals surface area contributed by atoms with Gasteiger partial charge in [0, 0.05) is 32.1 Å². The molecule has 1 atom stereocenters. The van der Waals surface area contributed by atoms with E-state index in [1.54, 1.807) is 0 Å². The maximum Gasteiger partial charge on any atom is 0.137 e. The summed E-state index contributed by atoms with van der Waals surface area (Å²) >= 11 is 1.87. The van der Waals surface area contributed by atoms with Crippen LogP contribution in [-0.4, -0.2) is 4.57 Å². The first-order chi connectivity index (χ1) is 25.3. The lowest BCUT2D eigenvalue weighted by molar-refractivity contribution is 0.669. The molecule has 0 amide bonds. The normalized spacial score (nSPS) is 14.2. The summed E-state index contributed by atoms with van der Waals surface area (Å²) in [7, 11) is 0. The molecule has 11 rings (SSSR count). The van der Waals surface area contributed by atoms with Gasteiger partial charge in [-0.25, -0.2) is 0 Å². The van der Waals surface area contributed by atoms with Crippen LogP contribution in [0.1, 0.15) is 10.9 Å². The van der Waals surface area contributed by atoms with Crippen molar-refractivity contribution in [3.63, 3.8) is 0 Å². The molecule has 10 aromatic rings. The number of aromatic nitrogens is 1. The summed E-state index contributed by atoms with van der Waals surface area (Å²) in [4.78, 5) is 1.25. The fourth-order valence-corrected chi connectivity index (χ4v) is 9.14. The van der Waals surface area contributed by atoms with Crippen LogP contribution < -0.4 is 5.32 Å². The Bertz CT molecular complexity index is 2960. The van der Waals surface area contributed by atoms with E-state index >= 15 is 0 Å². The van der Waals surface area contributed by atoms with Crippen LogP contribution in [0.15, 0.2) is 179 Å². The van der Waals surface area contributed by atoms with Crippen LogP contribution in [0.25, 0.3) is 82.5 Å². The molecule has 8 aromatic carbocycles. The lowest BCUT2D eigenvalue weighted by Gasteiger charge is -2.13. The topological polar surface area (TPSA) is 30.1 Å². The van der Waals surface area contributed by atoms with Crippen LogP contribution >= 0.6 is 11.8 Å². The maximum atomic E-state index is 6.33. The molecular formula is C47H30N2OS. The number of hydrogen-bond donors (Lipinski definition) is 1. The second kappa shape index (κ2) is 11.1. The average Bonchev–Trinajstić information content (AvgIpc) is 3.90. The molecule has 2 aromatic heterocycles. The van der Waals surface area contributed by atoms with E-state index in [0.29, 0.717) is 0 Å². The summed E-state index contributed by atoms with van der Waals surface area (Å²) in [6, 6.07) is 61.3. The number of anilines is 1. The minimum absolute atomic E-state index is 0.110. The third-order valence-corrected chi connectivity index (χ3v) is 11.7. The van der Waals surface area contributed by atoms with Crippen molar-refractivity contribution in [2.75, 3.05) is 5.32 Å². The third kappa shape index (κ3) is 4.47. The van der Waals surface area contributed by atoms with E-state index in [9.17, 15) is 0 Å². The largest absolute Gasteiger partial charge is 0.456 e. The van der Waals surface area contributed by atoms with E-state index in [4.69, 9.17) is 4.42 Å². The Labute approximate surface area is 298 Å². The molecule has 1 N–H and O–H groups in total. The Hall–Kier alpha value is -6.23. The molecule has 51 heavy (non-hydrogen) atoms. The molecule has 0 saturated heterocycles. The lowest BCUT2D eigenvalue weighted by atomic mass is 10.0. The first kappa shape index (κ1) is 28.6. The van der Waals surface area contributed by atoms with Crippen molar-refractivity contribution in [2.45, 2.75) is 10.3 Å². The van der Waals surface area contributed by atoms with Gasteiger partial charge in [-0.05, 0) is 75.7 Å². The molecule has 240 valence electrons. The summed E-state index contributed by atoms with van der Waals surface area (Å²) in [5, 5.41) is 11.3. The highest BCUT2D eigenvalue weighted by Crippen LogP contribution is 2.51. The highest BCUT2D eigenvalue weighted by atomic mass is 32.2. The molecule has 0 saturated carbocycles. The molecule has 1 aliphatic heterocycles. The van der Waals surface area contributed by atoms with Gasteiger partial charge in [-0.2, -0.15) is 0 Å². The SMILES string of the molecule is c1ccc(-c2ccc3oc4ccc5c(c4c3c2)NC(c2ccc(-c3ccc4c6ccc7ccccc7c6n(-c6ccccc6)c4c3)cc2)S5)cc1. The third-order valence-electron chi connectivity index (χ3n) is 10.4. The van der Waals surface area contributed by atoms with E-state index in [1.807, 2.05) is 11.8 Å². The van der Waals surface area contributed by atoms with Gasteiger partial charge in [0.25, 0.3) is 0 Å². The summed E-state index contributed by atoms with van der Waals surface area (Å²) in [6.45, 7) is 0. The maximum absolute atomic E-state index is 6.33. The standard InChI is InChI=1S/C47H30N2OS/c1-3-9-29(10-4-1)33-21-24-41-39(27-33)44-42(50-41)25-26-43-45(44)48-47(51-43)32-17-15-30(16-18-32)34-20-22-37-38-23-19-31-11-7-8-14-36(31)46(38)49(40(37)28-34)35-12-5-2-6-13-35/h1-28,47-48H. The number of benzene rings is 8. The van der Waals surface area contributed by atoms with Crippen LogP contribution in [0.4, 0.5) is 5.69 Å². The molecule has 0 radical (unpaired) electrons. The van der Waals surface area contributed by atoms with Gasteiger partial charge in [-0.1, -0.05) is 139 Å². The first-order valence-corrected chi connectivity index (χ1v) is 18.2. The quantitative estimate of drug-likeness (QED) is 0.202. The van der Waals surface area contributed by atoms with Gasteiger partial charge in [-0.15, -0.1) is 0 Å². The molecule has 0 bridgehead atoms. The Morgan fingerprint density at radius 3 is 2.06 bits per heavy atom. The molecular weight excluding hydrogens is 641 g/mol. The Kier molecular flexibility index (Phi) is 6.25. The van der Waals surface area contributed by atoms with E-state index in [0.717, 1.165) is 27.6 Å². The first-order valence-electron chi connectivity index (χ1n) is 17.4. The molecule has 1 aliphatic rings. The lowest BCUT2D eigenvalue weighted by Crippen LogP contribution is -2.01. The van der Waals surface area contributed by atoms with Gasteiger partial charge in [-0.3, -0.25) is 0 Å². The smallest absolute Gasteiger partial charge is 0.137 e. The van der Waals surface area contributed by atoms with Crippen LogP contribution in [0.2, 0.25) is 0 Å². The molecule has 0 fully saturated rings. The van der Waals surface area contributed by atoms with Gasteiger partial charge >= 0.3 is 0 Å². The molecule has 3 nitrogen and oxygen atoms in total. The average molecular weight is 671 g/mol. The van der Waals surface area contributed by atoms with Gasteiger partial charge < -0.3 is 14.3 Å². The number of para-hydroxylation sites is 1. The van der Waals surface area contributed by atoms with Crippen LogP contribution in [0.3, 0.4) is 0 Å². The second-order valence-corrected chi connectivity index (χ2v) is 14.5. The Morgan fingerprint density at radius 1 is 0.510 bits per heavy atom. The predicted octanol–water partition coefficient (Wildman–Crippen LogP) is 13.4. The summed E-state index contributed by atoms with van der Waals surface area (Å²) in [6.07, 6.45) is 0. The van der Waals surface area contributed by atoms with Gasteiger partial charge in [0.15, 0.2) is 0 Å². The number of fused-ring (bicyclic) bond motifs is 10. The van der Waals surface area contributed by atoms with Gasteiger partial charge in [0.1, 0.15) is 16.5 Å². The highest BCUT2D eigenvalue weighted by molar-refractivity contribution is 8.00. The molecule has 0 spiro atoms. The fraction of sp³-hybridized carbons (Fsp3) is 0.0213. The molecule has 4 heteroatoms. The fourth-order valence-electron chi connectivity index (χ4n) is 7.99. The van der Waals surface area contributed by atoms with E-state index in [1.165, 1.54) is 71.0 Å². The predicted molar refractivity (Wildman–Crippen MR) is 215 cm³/mol. The number of rotatable bonds is 4. The van der Waals surface area contributed by atoms with Crippen molar-refractivity contribution in [2.24, 2.45) is 0 Å². The number of nitrogens with one attached hydrogen (secondary N) is 1. The second-order valence-electron chi connectivity index (χ2n) is 13.3. The number of nitrogens with zero attached hydrogens (tertiary/aromatic N) is 1. The minimum Gasteiger partial charge on any atom is -0.456 e. The monoisotopic (exact) mass is 670 g/mol. The zero-order valence-electron chi connectivity index (χ0n) is 27.5. The van der Waals surface area contributed by atoms with Crippen molar-refractivity contribution in [1.29, 1.82) is 0 Å². The van der Waals surface area contributed by atoms with Crippen molar-refractivity contribution in [1.82, 2.24) is 4.57 Å². The van der Waals surface area contributed by atoms with Gasteiger partial charge in [0.05, 0.1) is 22.1 Å². The number of hydrogen-bond acceptors (Lipinski definition) is 3. The van der Waals surface area contributed by atoms with Gasteiger partial charge in [0.2, 0.25) is 0 Å². The van der Waals surface area contributed by atoms with Crippen molar-refractivity contribution < 1.29 is 4.42 Å². The zero-order valence-corrected chi connectivity index (χ0v) is 28.3. The number of thioether (sulfide) groups is 1.